The van der Waals surface area contributed by atoms with Crippen molar-refractivity contribution in [1.29, 1.82) is 0 Å². The highest BCUT2D eigenvalue weighted by Crippen LogP contribution is 2.43. The van der Waals surface area contributed by atoms with E-state index in [-0.39, 0.29) is 11.6 Å². The average molecular weight is 390 g/mol. The average Bonchev–Trinajstić information content (AvgIpc) is 3.43. The summed E-state index contributed by atoms with van der Waals surface area (Å²) in [7, 11) is 1.60. The van der Waals surface area contributed by atoms with E-state index >= 15 is 0 Å². The molecule has 5 rings (SSSR count). The van der Waals surface area contributed by atoms with Gasteiger partial charge in [0.15, 0.2) is 5.75 Å². The summed E-state index contributed by atoms with van der Waals surface area (Å²) < 4.78 is 7.74. The van der Waals surface area contributed by atoms with Crippen molar-refractivity contribution in [3.63, 3.8) is 0 Å². The number of hydrogen-bond donors (Lipinski definition) is 2. The number of aryl methyl sites for hydroxylation is 1. The molecule has 1 aliphatic heterocycles. The molecule has 6 heteroatoms. The van der Waals surface area contributed by atoms with Crippen LogP contribution < -0.4 is 15.5 Å². The number of fused-ring (bicyclic) bond motifs is 2. The Hall–Kier alpha value is -3.12. The number of aromatic nitrogens is 1. The highest BCUT2D eigenvalue weighted by atomic mass is 16.5. The first-order chi connectivity index (χ1) is 14.0. The Morgan fingerprint density at radius 3 is 2.72 bits per heavy atom. The van der Waals surface area contributed by atoms with Gasteiger partial charge in [-0.05, 0) is 60.2 Å². The Bertz CT molecular complexity index is 1240. The highest BCUT2D eigenvalue weighted by molar-refractivity contribution is 5.97. The van der Waals surface area contributed by atoms with Crippen LogP contribution in [0, 0.1) is 6.92 Å². The number of ether oxygens (including phenoxy) is 1. The number of carboxylic acid groups (broad SMARTS) is 1. The summed E-state index contributed by atoms with van der Waals surface area (Å²) in [6, 6.07) is 8.14. The zero-order valence-electron chi connectivity index (χ0n) is 16.4. The molecule has 2 N–H and O–H groups in total. The molecule has 29 heavy (non-hydrogen) atoms. The molecule has 1 aliphatic carbocycles. The third-order valence-electron chi connectivity index (χ3n) is 6.02. The molecule has 148 valence electrons. The monoisotopic (exact) mass is 390 g/mol. The molecule has 0 radical (unpaired) electrons. The van der Waals surface area contributed by atoms with Crippen molar-refractivity contribution >= 4 is 16.9 Å². The highest BCUT2D eigenvalue weighted by Gasteiger charge is 2.29. The number of benzene rings is 2. The smallest absolute Gasteiger partial charge is 0.341 e. The lowest BCUT2D eigenvalue weighted by molar-refractivity contribution is 0.0695. The van der Waals surface area contributed by atoms with Gasteiger partial charge in [-0.1, -0.05) is 6.07 Å². The van der Waals surface area contributed by atoms with E-state index in [1.165, 1.54) is 22.9 Å². The van der Waals surface area contributed by atoms with Gasteiger partial charge in [0.2, 0.25) is 5.43 Å². The molecule has 6 nitrogen and oxygen atoms in total. The van der Waals surface area contributed by atoms with Gasteiger partial charge in [0.1, 0.15) is 5.56 Å². The normalized spacial score (nSPS) is 15.5. The Morgan fingerprint density at radius 1 is 1.24 bits per heavy atom. The number of aromatic carboxylic acids is 1. The number of carboxylic acids is 1. The second-order valence-corrected chi connectivity index (χ2v) is 7.89. The van der Waals surface area contributed by atoms with E-state index in [0.29, 0.717) is 16.7 Å². The fraction of sp³-hybridized carbons (Fsp3) is 0.304. The molecule has 2 heterocycles. The van der Waals surface area contributed by atoms with Crippen LogP contribution in [-0.4, -0.2) is 22.8 Å². The van der Waals surface area contributed by atoms with E-state index in [2.05, 4.69) is 24.4 Å². The van der Waals surface area contributed by atoms with E-state index in [1.54, 1.807) is 13.2 Å². The maximum absolute atomic E-state index is 12.8. The number of methoxy groups -OCH3 is 1. The number of carbonyl (C=O) groups is 1. The minimum absolute atomic E-state index is 0.196. The largest absolute Gasteiger partial charge is 0.494 e. The second-order valence-electron chi connectivity index (χ2n) is 7.89. The Balaban J connectivity index is 1.82. The molecule has 0 bridgehead atoms. The van der Waals surface area contributed by atoms with Crippen molar-refractivity contribution in [2.24, 2.45) is 0 Å². The minimum atomic E-state index is -1.20. The topological polar surface area (TPSA) is 80.6 Å². The lowest BCUT2D eigenvalue weighted by atomic mass is 9.94. The third-order valence-corrected chi connectivity index (χ3v) is 6.02. The van der Waals surface area contributed by atoms with Crippen LogP contribution in [0.5, 0.6) is 5.75 Å². The summed E-state index contributed by atoms with van der Waals surface area (Å²) in [4.78, 5) is 24.4. The van der Waals surface area contributed by atoms with Gasteiger partial charge < -0.3 is 19.7 Å². The molecule has 0 unspecified atom stereocenters. The number of pyridine rings is 1. The van der Waals surface area contributed by atoms with Gasteiger partial charge in [-0.15, -0.1) is 0 Å². The predicted molar refractivity (Wildman–Crippen MR) is 111 cm³/mol. The van der Waals surface area contributed by atoms with Crippen molar-refractivity contribution in [1.82, 2.24) is 9.88 Å². The molecule has 1 saturated carbocycles. The number of nitrogens with one attached hydrogen (secondary N) is 1. The van der Waals surface area contributed by atoms with Crippen LogP contribution in [0.2, 0.25) is 0 Å². The Kier molecular flexibility index (Phi) is 3.99. The molecule has 0 atom stereocenters. The molecule has 0 spiro atoms. The summed E-state index contributed by atoms with van der Waals surface area (Å²) in [6.45, 7) is 3.84. The van der Waals surface area contributed by atoms with E-state index in [0.717, 1.165) is 37.1 Å². The van der Waals surface area contributed by atoms with Crippen LogP contribution in [0.15, 0.2) is 35.3 Å². The first kappa shape index (κ1) is 17.9. The lowest BCUT2D eigenvalue weighted by Gasteiger charge is -2.18. The van der Waals surface area contributed by atoms with Crippen molar-refractivity contribution in [3.05, 3.63) is 62.9 Å². The lowest BCUT2D eigenvalue weighted by Crippen LogP contribution is -2.19. The predicted octanol–water partition coefficient (Wildman–Crippen LogP) is 3.62. The number of rotatable bonds is 4. The Labute approximate surface area is 167 Å². The quantitative estimate of drug-likeness (QED) is 0.711. The maximum atomic E-state index is 12.8. The first-order valence-corrected chi connectivity index (χ1v) is 9.82. The van der Waals surface area contributed by atoms with Gasteiger partial charge in [-0.25, -0.2) is 4.79 Å². The van der Waals surface area contributed by atoms with Gasteiger partial charge in [0, 0.05) is 30.9 Å². The van der Waals surface area contributed by atoms with Gasteiger partial charge in [-0.2, -0.15) is 0 Å². The van der Waals surface area contributed by atoms with Crippen LogP contribution >= 0.6 is 0 Å². The zero-order valence-corrected chi connectivity index (χ0v) is 16.4. The Morgan fingerprint density at radius 2 is 2.03 bits per heavy atom. The van der Waals surface area contributed by atoms with Crippen molar-refractivity contribution in [2.45, 2.75) is 38.9 Å². The SMILES string of the molecule is COc1c(-c2cc(C)c3c(c2)CNC3)ccc2c(=O)c(C(=O)O)cn(C3CC3)c12. The number of nitrogens with zero attached hydrogens (tertiary/aromatic N) is 1. The maximum Gasteiger partial charge on any atom is 0.341 e. The van der Waals surface area contributed by atoms with Gasteiger partial charge in [-0.3, -0.25) is 4.79 Å². The van der Waals surface area contributed by atoms with E-state index in [4.69, 9.17) is 4.74 Å². The number of hydrogen-bond acceptors (Lipinski definition) is 4. The molecular weight excluding hydrogens is 368 g/mol. The molecule has 2 aliphatic rings. The van der Waals surface area contributed by atoms with E-state index in [1.807, 2.05) is 10.6 Å². The summed E-state index contributed by atoms with van der Waals surface area (Å²) in [5.41, 5.74) is 5.82. The molecule has 2 aromatic carbocycles. The van der Waals surface area contributed by atoms with Gasteiger partial charge in [0.25, 0.3) is 0 Å². The fourth-order valence-electron chi connectivity index (χ4n) is 4.42. The van der Waals surface area contributed by atoms with Crippen molar-refractivity contribution < 1.29 is 14.6 Å². The van der Waals surface area contributed by atoms with Crippen LogP contribution in [-0.2, 0) is 13.1 Å². The van der Waals surface area contributed by atoms with Crippen molar-refractivity contribution in [2.75, 3.05) is 7.11 Å². The molecule has 1 aromatic heterocycles. The van der Waals surface area contributed by atoms with E-state index in [9.17, 15) is 14.7 Å². The summed E-state index contributed by atoms with van der Waals surface area (Å²) in [6.07, 6.45) is 3.41. The summed E-state index contributed by atoms with van der Waals surface area (Å²) >= 11 is 0. The molecule has 1 fully saturated rings. The van der Waals surface area contributed by atoms with E-state index < -0.39 is 11.4 Å². The van der Waals surface area contributed by atoms with Crippen LogP contribution in [0.25, 0.3) is 22.0 Å². The first-order valence-electron chi connectivity index (χ1n) is 9.82. The van der Waals surface area contributed by atoms with Gasteiger partial charge >= 0.3 is 5.97 Å². The van der Waals surface area contributed by atoms with Crippen LogP contribution in [0.3, 0.4) is 0 Å². The molecule has 0 amide bonds. The van der Waals surface area contributed by atoms with Gasteiger partial charge in [0.05, 0.1) is 18.0 Å². The fourth-order valence-corrected chi connectivity index (χ4v) is 4.42. The third kappa shape index (κ3) is 2.75. The van der Waals surface area contributed by atoms with Crippen LogP contribution in [0.1, 0.15) is 45.9 Å². The second kappa shape index (κ2) is 6.46. The summed E-state index contributed by atoms with van der Waals surface area (Å²) in [5.74, 6) is -0.579. The van der Waals surface area contributed by atoms with Crippen LogP contribution in [0.4, 0.5) is 0 Å². The molecular formula is C23H22N2O4. The van der Waals surface area contributed by atoms with Crippen molar-refractivity contribution in [3.8, 4) is 16.9 Å². The molecule has 3 aromatic rings. The minimum Gasteiger partial charge on any atom is -0.494 e. The standard InChI is InChI=1S/C23H22N2O4/c1-12-7-13(8-14-9-24-10-18(12)14)16-5-6-17-20(22(16)29-2)25(15-3-4-15)11-19(21(17)26)23(27)28/h5-8,11,15,24H,3-4,9-10H2,1-2H3,(H,27,28). The summed E-state index contributed by atoms with van der Waals surface area (Å²) in [5, 5.41) is 13.3. The molecule has 0 saturated heterocycles. The zero-order chi connectivity index (χ0) is 20.3.